The molecule has 2 aliphatic rings. The minimum absolute atomic E-state index is 0.901. The second-order valence-electron chi connectivity index (χ2n) is 14.7. The molecule has 0 saturated carbocycles. The Morgan fingerprint density at radius 3 is 2.00 bits per heavy atom. The van der Waals surface area contributed by atoms with Gasteiger partial charge in [-0.25, -0.2) is 0 Å². The molecule has 2 heterocycles. The molecule has 11 rings (SSSR count). The zero-order valence-corrected chi connectivity index (χ0v) is 31.7. The van der Waals surface area contributed by atoms with Gasteiger partial charge in [0.15, 0.2) is 0 Å². The maximum Gasteiger partial charge on any atom is 0.137 e. The van der Waals surface area contributed by atoms with Crippen LogP contribution in [0.5, 0.6) is 0 Å². The fourth-order valence-electron chi connectivity index (χ4n) is 8.82. The summed E-state index contributed by atoms with van der Waals surface area (Å²) in [5, 5.41) is 2.29. The van der Waals surface area contributed by atoms with E-state index >= 15 is 0 Å². The number of anilines is 6. The average molecular weight is 739 g/mol. The lowest BCUT2D eigenvalue weighted by atomic mass is 9.84. The van der Waals surface area contributed by atoms with Crippen molar-refractivity contribution >= 4 is 67.8 Å². The molecule has 9 aromatic rings. The summed E-state index contributed by atoms with van der Waals surface area (Å²) in [6, 6.07) is 66.0. The van der Waals surface area contributed by atoms with Gasteiger partial charge in [-0.2, -0.15) is 0 Å². The number of hydrogen-bond donors (Lipinski definition) is 0. The van der Waals surface area contributed by atoms with E-state index < -0.39 is 0 Å². The van der Waals surface area contributed by atoms with Crippen molar-refractivity contribution < 1.29 is 4.42 Å². The van der Waals surface area contributed by atoms with Crippen molar-refractivity contribution in [3.8, 4) is 22.3 Å². The summed E-state index contributed by atoms with van der Waals surface area (Å²) in [6.45, 7) is 0. The van der Waals surface area contributed by atoms with Gasteiger partial charge >= 0.3 is 0 Å². The number of hydrogen-bond acceptors (Lipinski definition) is 4. The summed E-state index contributed by atoms with van der Waals surface area (Å²) in [4.78, 5) is 7.34. The highest BCUT2D eigenvalue weighted by atomic mass is 32.2. The van der Waals surface area contributed by atoms with Crippen LogP contribution in [0.1, 0.15) is 24.0 Å². The summed E-state index contributed by atoms with van der Waals surface area (Å²) < 4.78 is 6.45. The lowest BCUT2D eigenvalue weighted by molar-refractivity contribution is 0.669. The third-order valence-corrected chi connectivity index (χ3v) is 12.6. The molecular formula is C52H38N2OS. The van der Waals surface area contributed by atoms with Crippen LogP contribution in [0.2, 0.25) is 0 Å². The minimum atomic E-state index is 0.901. The smallest absolute Gasteiger partial charge is 0.137 e. The first-order valence-electron chi connectivity index (χ1n) is 19.5. The molecule has 1 aliphatic carbocycles. The Hall–Kier alpha value is -6.49. The van der Waals surface area contributed by atoms with Gasteiger partial charge in [-0.15, -0.1) is 0 Å². The van der Waals surface area contributed by atoms with Gasteiger partial charge < -0.3 is 14.2 Å². The summed E-state index contributed by atoms with van der Waals surface area (Å²) in [7, 11) is 0. The number of fused-ring (bicyclic) bond motifs is 6. The fraction of sp³-hybridized carbons (Fsp3) is 0.0769. The lowest BCUT2D eigenvalue weighted by Gasteiger charge is -2.33. The zero-order chi connectivity index (χ0) is 37.0. The molecule has 0 saturated heterocycles. The van der Waals surface area contributed by atoms with Gasteiger partial charge in [0.1, 0.15) is 11.2 Å². The molecule has 0 spiro atoms. The number of nitrogens with zero attached hydrogens (tertiary/aromatic N) is 2. The Bertz CT molecular complexity index is 2900. The summed E-state index contributed by atoms with van der Waals surface area (Å²) in [6.07, 6.45) is 4.55. The quantitative estimate of drug-likeness (QED) is 0.169. The second kappa shape index (κ2) is 13.7. The van der Waals surface area contributed by atoms with Crippen molar-refractivity contribution in [1.82, 2.24) is 0 Å². The Kier molecular flexibility index (Phi) is 8.03. The molecule has 0 unspecified atom stereocenters. The normalized spacial score (nSPS) is 13.3. The van der Waals surface area contributed by atoms with Crippen LogP contribution in [0.25, 0.3) is 44.2 Å². The average Bonchev–Trinajstić information content (AvgIpc) is 3.64. The van der Waals surface area contributed by atoms with Crippen molar-refractivity contribution in [1.29, 1.82) is 0 Å². The van der Waals surface area contributed by atoms with Crippen LogP contribution in [-0.4, -0.2) is 0 Å². The van der Waals surface area contributed by atoms with Crippen LogP contribution >= 0.6 is 11.8 Å². The van der Waals surface area contributed by atoms with Gasteiger partial charge in [-0.1, -0.05) is 115 Å². The molecule has 1 aliphatic heterocycles. The largest absolute Gasteiger partial charge is 0.456 e. The standard InChI is InChI=1S/C52H38N2OS/c1-3-13-36(14-4-1)41-30-32-46(43-18-8-7-17-42(41)43)53(40-28-29-45-44-19-9-11-21-49(44)55-50(45)34-40)39-26-23-35(24-27-39)37-25-31-48-52(33-37)56-51-22-12-10-20-47(51)54(48)38-15-5-2-6-16-38/h1-6,9-16,19-34H,7-8,17-18H2. The van der Waals surface area contributed by atoms with Gasteiger partial charge in [-0.3, -0.25) is 0 Å². The molecule has 8 aromatic carbocycles. The van der Waals surface area contributed by atoms with Crippen LogP contribution in [0.4, 0.5) is 34.1 Å². The van der Waals surface area contributed by atoms with E-state index in [4.69, 9.17) is 4.42 Å². The van der Waals surface area contributed by atoms with Crippen molar-refractivity contribution in [3.05, 3.63) is 193 Å². The molecule has 0 atom stereocenters. The molecular weight excluding hydrogens is 701 g/mol. The predicted molar refractivity (Wildman–Crippen MR) is 235 cm³/mol. The first kappa shape index (κ1) is 32.9. The summed E-state index contributed by atoms with van der Waals surface area (Å²) in [5.74, 6) is 0. The second-order valence-corrected chi connectivity index (χ2v) is 15.8. The third kappa shape index (κ3) is 5.60. The molecule has 0 fully saturated rings. The highest BCUT2D eigenvalue weighted by Crippen LogP contribution is 2.52. The van der Waals surface area contributed by atoms with E-state index in [0.29, 0.717) is 0 Å². The number of furan rings is 1. The molecule has 3 nitrogen and oxygen atoms in total. The molecule has 1 aromatic heterocycles. The molecule has 0 bridgehead atoms. The van der Waals surface area contributed by atoms with Crippen molar-refractivity contribution in [3.63, 3.8) is 0 Å². The first-order valence-corrected chi connectivity index (χ1v) is 20.4. The van der Waals surface area contributed by atoms with E-state index in [9.17, 15) is 0 Å². The van der Waals surface area contributed by atoms with E-state index in [0.717, 1.165) is 46.2 Å². The van der Waals surface area contributed by atoms with Crippen molar-refractivity contribution in [2.24, 2.45) is 0 Å². The fourth-order valence-corrected chi connectivity index (χ4v) is 9.92. The van der Waals surface area contributed by atoms with Gasteiger partial charge in [0.2, 0.25) is 0 Å². The van der Waals surface area contributed by atoms with Crippen LogP contribution in [0.3, 0.4) is 0 Å². The van der Waals surface area contributed by atoms with Crippen LogP contribution in [0.15, 0.2) is 196 Å². The van der Waals surface area contributed by atoms with E-state index in [1.165, 1.54) is 78.8 Å². The summed E-state index contributed by atoms with van der Waals surface area (Å²) >= 11 is 1.85. The minimum Gasteiger partial charge on any atom is -0.456 e. The van der Waals surface area contributed by atoms with Crippen molar-refractivity contribution in [2.45, 2.75) is 35.5 Å². The molecule has 4 heteroatoms. The van der Waals surface area contributed by atoms with Crippen LogP contribution in [-0.2, 0) is 12.8 Å². The SMILES string of the molecule is c1ccc(-c2ccc(N(c3ccc(-c4ccc5c(c4)Sc4ccccc4N5c4ccccc4)cc3)c3ccc4c(c3)oc3ccccc34)c3c2CCCC3)cc1. The Labute approximate surface area is 331 Å². The highest BCUT2D eigenvalue weighted by Gasteiger charge is 2.26. The maximum absolute atomic E-state index is 6.45. The van der Waals surface area contributed by atoms with E-state index in [-0.39, 0.29) is 0 Å². The Balaban J connectivity index is 1.02. The zero-order valence-electron chi connectivity index (χ0n) is 30.9. The first-order chi connectivity index (χ1) is 27.8. The molecule has 0 N–H and O–H groups in total. The summed E-state index contributed by atoms with van der Waals surface area (Å²) in [5.41, 5.74) is 16.8. The Morgan fingerprint density at radius 2 is 1.14 bits per heavy atom. The molecule has 0 radical (unpaired) electrons. The Morgan fingerprint density at radius 1 is 0.464 bits per heavy atom. The number of rotatable bonds is 6. The van der Waals surface area contributed by atoms with Gasteiger partial charge in [0, 0.05) is 49.4 Å². The lowest BCUT2D eigenvalue weighted by Crippen LogP contribution is -2.16. The number of benzene rings is 8. The van der Waals surface area contributed by atoms with E-state index in [2.05, 4.69) is 186 Å². The number of para-hydroxylation sites is 3. The van der Waals surface area contributed by atoms with Crippen molar-refractivity contribution in [2.75, 3.05) is 9.80 Å². The van der Waals surface area contributed by atoms with Gasteiger partial charge in [0.25, 0.3) is 0 Å². The van der Waals surface area contributed by atoms with Crippen LogP contribution in [0, 0.1) is 0 Å². The van der Waals surface area contributed by atoms with Gasteiger partial charge in [0.05, 0.1) is 11.4 Å². The maximum atomic E-state index is 6.45. The van der Waals surface area contributed by atoms with Gasteiger partial charge in [-0.05, 0) is 132 Å². The monoisotopic (exact) mass is 738 g/mol. The molecule has 56 heavy (non-hydrogen) atoms. The topological polar surface area (TPSA) is 19.6 Å². The predicted octanol–water partition coefficient (Wildman–Crippen LogP) is 15.2. The van der Waals surface area contributed by atoms with E-state index in [1.807, 2.05) is 17.8 Å². The van der Waals surface area contributed by atoms with Crippen LogP contribution < -0.4 is 9.80 Å². The molecule has 0 amide bonds. The van der Waals surface area contributed by atoms with E-state index in [1.54, 1.807) is 0 Å². The highest BCUT2D eigenvalue weighted by molar-refractivity contribution is 7.99. The molecule has 268 valence electrons. The third-order valence-electron chi connectivity index (χ3n) is 11.5.